The normalized spacial score (nSPS) is 9.96. The average Bonchev–Trinajstić information content (AvgIpc) is 2.64. The Morgan fingerprint density at radius 2 is 1.72 bits per heavy atom. The lowest BCUT2D eigenvalue weighted by Crippen LogP contribution is -2.28. The van der Waals surface area contributed by atoms with Gasteiger partial charge in [0.25, 0.3) is 17.5 Å². The summed E-state index contributed by atoms with van der Waals surface area (Å²) < 4.78 is 5.27. The fourth-order valence-corrected chi connectivity index (χ4v) is 1.98. The number of benzene rings is 2. The zero-order valence-corrected chi connectivity index (χ0v) is 13.5. The van der Waals surface area contributed by atoms with Crippen molar-refractivity contribution in [3.05, 3.63) is 69.8 Å². The molecule has 2 rings (SSSR count). The molecule has 130 valence electrons. The lowest BCUT2D eigenvalue weighted by molar-refractivity contribution is -0.384. The lowest BCUT2D eigenvalue weighted by Gasteiger charge is -2.08. The van der Waals surface area contributed by atoms with Gasteiger partial charge in [0.2, 0.25) is 0 Å². The maximum atomic E-state index is 11.8. The van der Waals surface area contributed by atoms with Gasteiger partial charge in [0.05, 0.1) is 4.92 Å². The van der Waals surface area contributed by atoms with E-state index in [1.165, 1.54) is 24.3 Å². The third kappa shape index (κ3) is 5.31. The molecule has 0 saturated heterocycles. The Kier molecular flexibility index (Phi) is 6.05. The molecule has 8 heteroatoms. The number of nitrogens with one attached hydrogen (secondary N) is 2. The van der Waals surface area contributed by atoms with E-state index in [9.17, 15) is 19.7 Å². The predicted molar refractivity (Wildman–Crippen MR) is 90.3 cm³/mol. The smallest absolute Gasteiger partial charge is 0.269 e. The summed E-state index contributed by atoms with van der Waals surface area (Å²) in [5, 5.41) is 15.8. The van der Waals surface area contributed by atoms with Crippen molar-refractivity contribution in [3.8, 4) is 5.75 Å². The van der Waals surface area contributed by atoms with E-state index in [0.717, 1.165) is 5.56 Å². The summed E-state index contributed by atoms with van der Waals surface area (Å²) in [6, 6.07) is 12.3. The lowest BCUT2D eigenvalue weighted by atomic mass is 10.1. The highest BCUT2D eigenvalue weighted by atomic mass is 16.6. The van der Waals surface area contributed by atoms with Crippen LogP contribution in [0.25, 0.3) is 0 Å². The Bertz CT molecular complexity index is 757. The van der Waals surface area contributed by atoms with Gasteiger partial charge in [-0.25, -0.2) is 0 Å². The van der Waals surface area contributed by atoms with E-state index in [-0.39, 0.29) is 24.1 Å². The molecule has 0 atom stereocenters. The van der Waals surface area contributed by atoms with Crippen LogP contribution in [0.5, 0.6) is 5.75 Å². The fraction of sp³-hybridized carbons (Fsp3) is 0.176. The molecule has 0 aliphatic heterocycles. The van der Waals surface area contributed by atoms with Gasteiger partial charge in [-0.3, -0.25) is 19.7 Å². The summed E-state index contributed by atoms with van der Waals surface area (Å²) in [7, 11) is 1.56. The summed E-state index contributed by atoms with van der Waals surface area (Å²) >= 11 is 0. The van der Waals surface area contributed by atoms with Gasteiger partial charge in [0.15, 0.2) is 6.61 Å². The SMILES string of the molecule is CNC(=O)c1ccc(CNC(=O)COc2ccc([N+](=O)[O-])cc2)cc1. The van der Waals surface area contributed by atoms with Crippen LogP contribution in [0.3, 0.4) is 0 Å². The number of nitro groups is 1. The maximum absolute atomic E-state index is 11.8. The Labute approximate surface area is 144 Å². The molecule has 0 unspecified atom stereocenters. The Morgan fingerprint density at radius 3 is 2.28 bits per heavy atom. The van der Waals surface area contributed by atoms with E-state index < -0.39 is 4.92 Å². The standard InChI is InChI=1S/C17H17N3O5/c1-18-17(22)13-4-2-12(3-5-13)10-19-16(21)11-25-15-8-6-14(7-9-15)20(23)24/h2-9H,10-11H2,1H3,(H,18,22)(H,19,21). The van der Waals surface area contributed by atoms with Crippen molar-refractivity contribution in [2.75, 3.05) is 13.7 Å². The van der Waals surface area contributed by atoms with Crippen molar-refractivity contribution in [2.45, 2.75) is 6.54 Å². The third-order valence-corrected chi connectivity index (χ3v) is 3.35. The van der Waals surface area contributed by atoms with Gasteiger partial charge in [-0.2, -0.15) is 0 Å². The molecule has 2 N–H and O–H groups in total. The van der Waals surface area contributed by atoms with Gasteiger partial charge < -0.3 is 15.4 Å². The minimum Gasteiger partial charge on any atom is -0.484 e. The van der Waals surface area contributed by atoms with Gasteiger partial charge in [0.1, 0.15) is 5.75 Å². The molecule has 2 aromatic carbocycles. The highest BCUT2D eigenvalue weighted by molar-refractivity contribution is 5.93. The van der Waals surface area contributed by atoms with E-state index in [4.69, 9.17) is 4.74 Å². The van der Waals surface area contributed by atoms with Crippen molar-refractivity contribution < 1.29 is 19.2 Å². The quantitative estimate of drug-likeness (QED) is 0.587. The van der Waals surface area contributed by atoms with Crippen LogP contribution in [0.1, 0.15) is 15.9 Å². The zero-order valence-electron chi connectivity index (χ0n) is 13.5. The van der Waals surface area contributed by atoms with E-state index in [0.29, 0.717) is 17.9 Å². The second-order valence-corrected chi connectivity index (χ2v) is 5.09. The number of hydrogen-bond donors (Lipinski definition) is 2. The molecule has 0 aliphatic rings. The van der Waals surface area contributed by atoms with Crippen LogP contribution in [0.4, 0.5) is 5.69 Å². The monoisotopic (exact) mass is 343 g/mol. The largest absolute Gasteiger partial charge is 0.484 e. The van der Waals surface area contributed by atoms with E-state index in [1.54, 1.807) is 31.3 Å². The van der Waals surface area contributed by atoms with Crippen LogP contribution in [-0.2, 0) is 11.3 Å². The molecule has 0 fully saturated rings. The first-order valence-electron chi connectivity index (χ1n) is 7.44. The van der Waals surface area contributed by atoms with E-state index in [1.807, 2.05) is 0 Å². The number of carbonyl (C=O) groups is 2. The number of hydrogen-bond acceptors (Lipinski definition) is 5. The minimum absolute atomic E-state index is 0.0444. The molecule has 0 saturated carbocycles. The molecular weight excluding hydrogens is 326 g/mol. The molecule has 2 amide bonds. The van der Waals surface area contributed by atoms with Gasteiger partial charge in [-0.05, 0) is 29.8 Å². The van der Waals surface area contributed by atoms with Crippen molar-refractivity contribution in [3.63, 3.8) is 0 Å². The number of nitrogens with zero attached hydrogens (tertiary/aromatic N) is 1. The van der Waals surface area contributed by atoms with Crippen molar-refractivity contribution in [1.29, 1.82) is 0 Å². The Morgan fingerprint density at radius 1 is 1.08 bits per heavy atom. The van der Waals surface area contributed by atoms with Gasteiger partial charge in [-0.1, -0.05) is 12.1 Å². The molecule has 0 spiro atoms. The number of rotatable bonds is 7. The number of carbonyl (C=O) groups excluding carboxylic acids is 2. The second-order valence-electron chi connectivity index (χ2n) is 5.09. The van der Waals surface area contributed by atoms with Crippen molar-refractivity contribution >= 4 is 17.5 Å². The van der Waals surface area contributed by atoms with E-state index >= 15 is 0 Å². The topological polar surface area (TPSA) is 111 Å². The summed E-state index contributed by atoms with van der Waals surface area (Å²) in [5.41, 5.74) is 1.34. The van der Waals surface area contributed by atoms with Gasteiger partial charge in [0, 0.05) is 31.3 Å². The zero-order chi connectivity index (χ0) is 18.2. The number of non-ortho nitro benzene ring substituents is 1. The van der Waals surface area contributed by atoms with Crippen molar-refractivity contribution in [2.24, 2.45) is 0 Å². The first kappa shape index (κ1) is 17.9. The van der Waals surface area contributed by atoms with Gasteiger partial charge in [-0.15, -0.1) is 0 Å². The summed E-state index contributed by atoms with van der Waals surface area (Å²) in [4.78, 5) is 33.3. The van der Waals surface area contributed by atoms with Crippen LogP contribution in [0, 0.1) is 10.1 Å². The van der Waals surface area contributed by atoms with Crippen molar-refractivity contribution in [1.82, 2.24) is 10.6 Å². The number of nitro benzene ring substituents is 1. The molecule has 8 nitrogen and oxygen atoms in total. The maximum Gasteiger partial charge on any atom is 0.269 e. The van der Waals surface area contributed by atoms with E-state index in [2.05, 4.69) is 10.6 Å². The van der Waals surface area contributed by atoms with Crippen LogP contribution < -0.4 is 15.4 Å². The highest BCUT2D eigenvalue weighted by Gasteiger charge is 2.07. The highest BCUT2D eigenvalue weighted by Crippen LogP contribution is 2.17. The Balaban J connectivity index is 1.78. The molecule has 25 heavy (non-hydrogen) atoms. The summed E-state index contributed by atoms with van der Waals surface area (Å²) in [5.74, 6) is -0.128. The molecule has 0 bridgehead atoms. The second kappa shape index (κ2) is 8.44. The minimum atomic E-state index is -0.508. The molecule has 0 heterocycles. The van der Waals surface area contributed by atoms with Crippen LogP contribution in [0.15, 0.2) is 48.5 Å². The van der Waals surface area contributed by atoms with Crippen LogP contribution >= 0.6 is 0 Å². The third-order valence-electron chi connectivity index (χ3n) is 3.35. The first-order chi connectivity index (χ1) is 12.0. The summed E-state index contributed by atoms with van der Waals surface area (Å²) in [6.07, 6.45) is 0. The summed E-state index contributed by atoms with van der Waals surface area (Å²) in [6.45, 7) is 0.102. The molecule has 0 aliphatic carbocycles. The van der Waals surface area contributed by atoms with Crippen LogP contribution in [-0.4, -0.2) is 30.4 Å². The molecular formula is C17H17N3O5. The predicted octanol–water partition coefficient (Wildman–Crippen LogP) is 1.65. The van der Waals surface area contributed by atoms with Gasteiger partial charge >= 0.3 is 0 Å². The van der Waals surface area contributed by atoms with Crippen LogP contribution in [0.2, 0.25) is 0 Å². The molecule has 0 aromatic heterocycles. The number of amides is 2. The first-order valence-corrected chi connectivity index (χ1v) is 7.44. The number of ether oxygens (including phenoxy) is 1. The molecule has 0 radical (unpaired) electrons. The fourth-order valence-electron chi connectivity index (χ4n) is 1.98. The average molecular weight is 343 g/mol. The Hall–Kier alpha value is -3.42. The molecule has 2 aromatic rings.